The number of nitrogens with one attached hydrogen (secondary N) is 1. The molecule has 3 N–H and O–H groups in total. The first-order valence-corrected chi connectivity index (χ1v) is 6.04. The molecule has 0 aromatic carbocycles. The van der Waals surface area contributed by atoms with Gasteiger partial charge in [-0.1, -0.05) is 13.8 Å². The average molecular weight is 226 g/mol. The second kappa shape index (κ2) is 5.28. The highest BCUT2D eigenvalue weighted by molar-refractivity contribution is 7.07. The Balaban J connectivity index is 2.52. The summed E-state index contributed by atoms with van der Waals surface area (Å²) in [5.74, 6) is 0.0865. The van der Waals surface area contributed by atoms with Gasteiger partial charge in [0.1, 0.15) is 0 Å². The molecule has 2 atom stereocenters. The normalized spacial score (nSPS) is 15.0. The average Bonchev–Trinajstić information content (AvgIpc) is 2.68. The highest BCUT2D eigenvalue weighted by Gasteiger charge is 2.19. The van der Waals surface area contributed by atoms with E-state index >= 15 is 0 Å². The summed E-state index contributed by atoms with van der Waals surface area (Å²) < 4.78 is 0. The first kappa shape index (κ1) is 12.2. The van der Waals surface area contributed by atoms with Gasteiger partial charge in [0.05, 0.1) is 12.1 Å². The van der Waals surface area contributed by atoms with E-state index in [0.717, 1.165) is 5.56 Å². The lowest BCUT2D eigenvalue weighted by molar-refractivity contribution is -0.123. The van der Waals surface area contributed by atoms with E-state index in [9.17, 15) is 4.79 Å². The second-order valence-corrected chi connectivity index (χ2v) is 4.84. The molecule has 0 aliphatic heterocycles. The smallest absolute Gasteiger partial charge is 0.237 e. The van der Waals surface area contributed by atoms with Gasteiger partial charge in [-0.05, 0) is 35.2 Å². The molecular formula is C11H18N2OS. The van der Waals surface area contributed by atoms with Crippen LogP contribution >= 0.6 is 11.3 Å². The molecule has 84 valence electrons. The lowest BCUT2D eigenvalue weighted by Crippen LogP contribution is -2.44. The second-order valence-electron chi connectivity index (χ2n) is 4.06. The van der Waals surface area contributed by atoms with E-state index in [-0.39, 0.29) is 17.9 Å². The maximum Gasteiger partial charge on any atom is 0.237 e. The first-order valence-electron chi connectivity index (χ1n) is 5.10. The van der Waals surface area contributed by atoms with Crippen LogP contribution in [-0.2, 0) is 4.79 Å². The van der Waals surface area contributed by atoms with Crippen molar-refractivity contribution in [2.75, 3.05) is 0 Å². The van der Waals surface area contributed by atoms with Crippen molar-refractivity contribution >= 4 is 17.2 Å². The molecule has 0 spiro atoms. The standard InChI is InChI=1S/C11H18N2OS/c1-7(2)10(12)11(14)13-8(3)9-4-5-15-6-9/h4-8,10H,12H2,1-3H3,(H,13,14)/t8?,10-/m1/s1. The zero-order valence-electron chi connectivity index (χ0n) is 9.36. The van der Waals surface area contributed by atoms with Crippen LogP contribution in [0.25, 0.3) is 0 Å². The van der Waals surface area contributed by atoms with E-state index in [4.69, 9.17) is 5.73 Å². The lowest BCUT2D eigenvalue weighted by atomic mass is 10.0. The molecule has 0 saturated carbocycles. The minimum Gasteiger partial charge on any atom is -0.348 e. The Kier molecular flexibility index (Phi) is 4.29. The number of hydrogen-bond acceptors (Lipinski definition) is 3. The van der Waals surface area contributed by atoms with Gasteiger partial charge in [0, 0.05) is 0 Å². The third-order valence-corrected chi connectivity index (χ3v) is 3.12. The molecule has 0 radical (unpaired) electrons. The molecule has 4 heteroatoms. The molecule has 3 nitrogen and oxygen atoms in total. The molecule has 0 bridgehead atoms. The van der Waals surface area contributed by atoms with E-state index in [2.05, 4.69) is 5.32 Å². The fourth-order valence-electron chi connectivity index (χ4n) is 1.22. The molecular weight excluding hydrogens is 208 g/mol. The van der Waals surface area contributed by atoms with Gasteiger partial charge in [-0.15, -0.1) is 0 Å². The highest BCUT2D eigenvalue weighted by Crippen LogP contribution is 2.15. The molecule has 1 rings (SSSR count). The van der Waals surface area contributed by atoms with Crippen molar-refractivity contribution in [1.82, 2.24) is 5.32 Å². The molecule has 1 unspecified atom stereocenters. The Labute approximate surface area is 94.7 Å². The highest BCUT2D eigenvalue weighted by atomic mass is 32.1. The zero-order valence-corrected chi connectivity index (χ0v) is 10.2. The summed E-state index contributed by atoms with van der Waals surface area (Å²) in [4.78, 5) is 11.7. The monoisotopic (exact) mass is 226 g/mol. The maximum absolute atomic E-state index is 11.7. The van der Waals surface area contributed by atoms with E-state index in [1.165, 1.54) is 0 Å². The van der Waals surface area contributed by atoms with Crippen LogP contribution < -0.4 is 11.1 Å². The molecule has 1 aromatic heterocycles. The van der Waals surface area contributed by atoms with Gasteiger partial charge >= 0.3 is 0 Å². The number of nitrogens with two attached hydrogens (primary N) is 1. The van der Waals surface area contributed by atoms with Crippen LogP contribution in [0.4, 0.5) is 0 Å². The Hall–Kier alpha value is -0.870. The minimum absolute atomic E-state index is 0.0357. The number of thiophene rings is 1. The van der Waals surface area contributed by atoms with Crippen LogP contribution in [0, 0.1) is 5.92 Å². The summed E-state index contributed by atoms with van der Waals surface area (Å²) in [7, 11) is 0. The van der Waals surface area contributed by atoms with Gasteiger partial charge in [0.2, 0.25) is 5.91 Å². The van der Waals surface area contributed by atoms with Gasteiger partial charge in [0.25, 0.3) is 0 Å². The third kappa shape index (κ3) is 3.32. The summed E-state index contributed by atoms with van der Waals surface area (Å²) >= 11 is 1.63. The van der Waals surface area contributed by atoms with Crippen molar-refractivity contribution in [2.24, 2.45) is 11.7 Å². The van der Waals surface area contributed by atoms with Crippen molar-refractivity contribution in [1.29, 1.82) is 0 Å². The molecule has 15 heavy (non-hydrogen) atoms. The SMILES string of the molecule is CC(NC(=O)[C@H](N)C(C)C)c1ccsc1. The van der Waals surface area contributed by atoms with Crippen LogP contribution in [0.3, 0.4) is 0 Å². The maximum atomic E-state index is 11.7. The number of amides is 1. The largest absolute Gasteiger partial charge is 0.348 e. The minimum atomic E-state index is -0.425. The fourth-order valence-corrected chi connectivity index (χ4v) is 1.97. The Morgan fingerprint density at radius 3 is 2.60 bits per heavy atom. The predicted molar refractivity (Wildman–Crippen MR) is 63.7 cm³/mol. The first-order chi connectivity index (χ1) is 7.02. The fraction of sp³-hybridized carbons (Fsp3) is 0.545. The molecule has 1 amide bonds. The van der Waals surface area contributed by atoms with Crippen molar-refractivity contribution in [3.8, 4) is 0 Å². The molecule has 0 aliphatic carbocycles. The van der Waals surface area contributed by atoms with Crippen LogP contribution in [0.2, 0.25) is 0 Å². The van der Waals surface area contributed by atoms with Crippen LogP contribution in [0.1, 0.15) is 32.4 Å². The van der Waals surface area contributed by atoms with E-state index in [1.807, 2.05) is 37.6 Å². The Bertz CT molecular complexity index is 308. The van der Waals surface area contributed by atoms with Crippen molar-refractivity contribution in [3.63, 3.8) is 0 Å². The summed E-state index contributed by atoms with van der Waals surface area (Å²) in [6, 6.07) is 1.62. The van der Waals surface area contributed by atoms with Gasteiger partial charge in [-0.2, -0.15) is 11.3 Å². The van der Waals surface area contributed by atoms with Gasteiger partial charge in [-0.25, -0.2) is 0 Å². The number of rotatable bonds is 4. The van der Waals surface area contributed by atoms with Crippen molar-refractivity contribution in [2.45, 2.75) is 32.9 Å². The van der Waals surface area contributed by atoms with E-state index < -0.39 is 6.04 Å². The number of hydrogen-bond donors (Lipinski definition) is 2. The molecule has 1 aromatic rings. The lowest BCUT2D eigenvalue weighted by Gasteiger charge is -2.19. The van der Waals surface area contributed by atoms with E-state index in [1.54, 1.807) is 11.3 Å². The summed E-state index contributed by atoms with van der Waals surface area (Å²) in [5, 5.41) is 6.94. The Morgan fingerprint density at radius 2 is 2.13 bits per heavy atom. The van der Waals surface area contributed by atoms with Crippen LogP contribution in [-0.4, -0.2) is 11.9 Å². The van der Waals surface area contributed by atoms with E-state index in [0.29, 0.717) is 0 Å². The van der Waals surface area contributed by atoms with Crippen molar-refractivity contribution in [3.05, 3.63) is 22.4 Å². The number of carbonyl (C=O) groups is 1. The predicted octanol–water partition coefficient (Wildman–Crippen LogP) is 1.91. The van der Waals surface area contributed by atoms with Crippen LogP contribution in [0.5, 0.6) is 0 Å². The summed E-state index contributed by atoms with van der Waals surface area (Å²) in [6.45, 7) is 5.85. The zero-order chi connectivity index (χ0) is 11.4. The molecule has 0 saturated heterocycles. The third-order valence-electron chi connectivity index (χ3n) is 2.42. The van der Waals surface area contributed by atoms with Crippen molar-refractivity contribution < 1.29 is 4.79 Å². The number of carbonyl (C=O) groups excluding carboxylic acids is 1. The quantitative estimate of drug-likeness (QED) is 0.824. The molecule has 0 aliphatic rings. The van der Waals surface area contributed by atoms with Gasteiger partial charge in [0.15, 0.2) is 0 Å². The molecule has 0 fully saturated rings. The van der Waals surface area contributed by atoms with Gasteiger partial charge in [-0.3, -0.25) is 4.79 Å². The topological polar surface area (TPSA) is 55.1 Å². The molecule has 1 heterocycles. The Morgan fingerprint density at radius 1 is 1.47 bits per heavy atom. The van der Waals surface area contributed by atoms with Crippen LogP contribution in [0.15, 0.2) is 16.8 Å². The summed E-state index contributed by atoms with van der Waals surface area (Å²) in [6.07, 6.45) is 0. The van der Waals surface area contributed by atoms with Gasteiger partial charge < -0.3 is 11.1 Å². The summed E-state index contributed by atoms with van der Waals surface area (Å²) in [5.41, 5.74) is 6.88.